The Morgan fingerprint density at radius 3 is 1.74 bits per heavy atom. The van der Waals surface area contributed by atoms with E-state index in [4.69, 9.17) is 23.7 Å². The highest BCUT2D eigenvalue weighted by atomic mass is 79.9. The van der Waals surface area contributed by atoms with Crippen LogP contribution in [0.2, 0.25) is 0 Å². The number of hydrogen-bond acceptors (Lipinski definition) is 7. The lowest BCUT2D eigenvalue weighted by Gasteiger charge is -2.39. The van der Waals surface area contributed by atoms with E-state index in [2.05, 4.69) is 57.5 Å². The Morgan fingerprint density at radius 1 is 0.698 bits per heavy atom. The molecule has 2 heterocycles. The van der Waals surface area contributed by atoms with Gasteiger partial charge in [-0.2, -0.15) is 0 Å². The molecule has 4 aliphatic carbocycles. The minimum absolute atomic E-state index is 0.00785. The van der Waals surface area contributed by atoms with Crippen molar-refractivity contribution in [3.05, 3.63) is 0 Å². The lowest BCUT2D eigenvalue weighted by Crippen LogP contribution is -2.47. The van der Waals surface area contributed by atoms with E-state index < -0.39 is 46.3 Å². The van der Waals surface area contributed by atoms with Crippen LogP contribution in [0, 0.1) is 46.8 Å². The number of hydrogen-bond donors (Lipinski definition) is 0. The van der Waals surface area contributed by atoms with Crippen LogP contribution in [0.1, 0.15) is 119 Å². The van der Waals surface area contributed by atoms with Crippen molar-refractivity contribution in [2.24, 2.45) is 46.8 Å². The third-order valence-corrected chi connectivity index (χ3v) is 13.6. The second-order valence-corrected chi connectivity index (χ2v) is 17.0. The number of cyclic esters (lactones) is 2. The summed E-state index contributed by atoms with van der Waals surface area (Å²) in [5.74, 6) is 1.44. The van der Waals surface area contributed by atoms with Crippen LogP contribution in [-0.2, 0) is 33.3 Å². The predicted octanol–water partition coefficient (Wildman–Crippen LogP) is 7.56. The quantitative estimate of drug-likeness (QED) is 0.150. The highest BCUT2D eigenvalue weighted by Gasteiger charge is 2.97. The minimum atomic E-state index is -1.22. The van der Waals surface area contributed by atoms with Crippen LogP contribution in [0.5, 0.6) is 0 Å². The first kappa shape index (κ1) is 32.2. The number of esters is 2. The van der Waals surface area contributed by atoms with E-state index in [1.165, 1.54) is 25.7 Å². The Bertz CT molecular complexity index is 1030. The van der Waals surface area contributed by atoms with Gasteiger partial charge in [-0.1, -0.05) is 96.0 Å². The van der Waals surface area contributed by atoms with Gasteiger partial charge in [-0.3, -0.25) is 9.59 Å². The van der Waals surface area contributed by atoms with E-state index in [1.807, 2.05) is 0 Å². The van der Waals surface area contributed by atoms with E-state index in [1.54, 1.807) is 0 Å². The van der Waals surface area contributed by atoms with Crippen molar-refractivity contribution in [3.63, 3.8) is 0 Å². The summed E-state index contributed by atoms with van der Waals surface area (Å²) in [6.45, 7) is 13.5. The Kier molecular flexibility index (Phi) is 9.36. The van der Waals surface area contributed by atoms with Gasteiger partial charge in [0.25, 0.3) is 0 Å². The molecule has 6 aliphatic rings. The molecule has 1 spiro atoms. The number of rotatable bonds is 8. The third kappa shape index (κ3) is 5.54. The molecule has 244 valence electrons. The maximum absolute atomic E-state index is 14.2. The third-order valence-electron chi connectivity index (χ3n) is 12.2. The van der Waals surface area contributed by atoms with Crippen LogP contribution < -0.4 is 0 Å². The molecule has 0 aromatic carbocycles. The zero-order chi connectivity index (χ0) is 30.7. The van der Waals surface area contributed by atoms with Crippen LogP contribution in [0.3, 0.4) is 0 Å². The number of alkyl halides is 1. The number of carbonyl (C=O) groups excluding carboxylic acids is 2. The summed E-state index contributed by atoms with van der Waals surface area (Å²) in [4.78, 5) is 27.9. The molecule has 12 atom stereocenters. The number of fused-ring (bicyclic) bond motifs is 3. The molecule has 0 aromatic heterocycles. The molecule has 0 amide bonds. The van der Waals surface area contributed by atoms with Crippen molar-refractivity contribution in [1.82, 2.24) is 0 Å². The zero-order valence-electron chi connectivity index (χ0n) is 27.2. The summed E-state index contributed by atoms with van der Waals surface area (Å²) in [5, 5.41) is 0. The van der Waals surface area contributed by atoms with Crippen LogP contribution in [0.15, 0.2) is 0 Å². The molecular formula is C35H55BrO7. The summed E-state index contributed by atoms with van der Waals surface area (Å²) in [6.07, 6.45) is 10.6. The van der Waals surface area contributed by atoms with Gasteiger partial charge in [0.15, 0.2) is 4.32 Å². The van der Waals surface area contributed by atoms with Gasteiger partial charge >= 0.3 is 11.9 Å². The number of ether oxygens (including phenoxy) is 5. The zero-order valence-corrected chi connectivity index (χ0v) is 28.8. The maximum atomic E-state index is 14.2. The van der Waals surface area contributed by atoms with Gasteiger partial charge in [-0.25, -0.2) is 0 Å². The fraction of sp³-hybridized carbons (Fsp3) is 0.943. The Balaban J connectivity index is 1.30. The monoisotopic (exact) mass is 666 g/mol. The molecule has 6 fully saturated rings. The molecule has 2 saturated heterocycles. The van der Waals surface area contributed by atoms with Crippen molar-refractivity contribution in [3.8, 4) is 0 Å². The number of halogens is 1. The molecule has 2 aliphatic heterocycles. The molecule has 8 heteroatoms. The molecule has 0 radical (unpaired) electrons. The highest BCUT2D eigenvalue weighted by Crippen LogP contribution is 2.78. The van der Waals surface area contributed by atoms with Gasteiger partial charge in [-0.05, 0) is 74.0 Å². The van der Waals surface area contributed by atoms with Gasteiger partial charge in [0, 0.05) is 0 Å². The van der Waals surface area contributed by atoms with Crippen molar-refractivity contribution in [2.75, 3.05) is 0 Å². The average molecular weight is 668 g/mol. The summed E-state index contributed by atoms with van der Waals surface area (Å²) in [5.41, 5.74) is -1.22. The van der Waals surface area contributed by atoms with E-state index >= 15 is 0 Å². The van der Waals surface area contributed by atoms with E-state index in [0.29, 0.717) is 35.5 Å². The summed E-state index contributed by atoms with van der Waals surface area (Å²) >= 11 is 3.79. The molecular weight excluding hydrogens is 612 g/mol. The van der Waals surface area contributed by atoms with Crippen molar-refractivity contribution in [1.29, 1.82) is 0 Å². The first-order valence-electron chi connectivity index (χ1n) is 17.6. The maximum Gasteiger partial charge on any atom is 0.327 e. The van der Waals surface area contributed by atoms with Gasteiger partial charge in [0.05, 0.1) is 24.2 Å². The van der Waals surface area contributed by atoms with E-state index in [-0.39, 0.29) is 18.3 Å². The molecule has 0 bridgehead atoms. The van der Waals surface area contributed by atoms with Gasteiger partial charge in [0.1, 0.15) is 11.5 Å². The lowest BCUT2D eigenvalue weighted by molar-refractivity contribution is -0.226. The first-order valence-corrected chi connectivity index (χ1v) is 18.3. The standard InChI is InChI=1S/C35H55BrO7/c1-19(2)24-15-13-21(5)17-26(24)40-30-28-34(35(28,36)33(38)42-30)29(39-23-11-9-7-8-10-12-23)31(43-32(34)37)41-27-18-22(6)14-16-25(27)20(3)4/h19-31H,7-18H2,1-6H3/t21-,22-,24+,25+,26-,27-,28-,29+,30-,31-,34-,35-/m1/s1. The van der Waals surface area contributed by atoms with Gasteiger partial charge in [0.2, 0.25) is 12.6 Å². The Hall–Kier alpha value is -0.700. The van der Waals surface area contributed by atoms with E-state index in [0.717, 1.165) is 51.4 Å². The van der Waals surface area contributed by atoms with Crippen molar-refractivity contribution < 1.29 is 33.3 Å². The summed E-state index contributed by atoms with van der Waals surface area (Å²) < 4.78 is 31.4. The molecule has 0 aromatic rings. The molecule has 43 heavy (non-hydrogen) atoms. The summed E-state index contributed by atoms with van der Waals surface area (Å²) in [7, 11) is 0. The average Bonchev–Trinajstić information content (AvgIpc) is 3.44. The smallest absolute Gasteiger partial charge is 0.327 e. The lowest BCUT2D eigenvalue weighted by atomic mass is 9.75. The first-order chi connectivity index (χ1) is 20.5. The van der Waals surface area contributed by atoms with E-state index in [9.17, 15) is 9.59 Å². The summed E-state index contributed by atoms with van der Waals surface area (Å²) in [6, 6.07) is 0. The Morgan fingerprint density at radius 2 is 1.21 bits per heavy atom. The highest BCUT2D eigenvalue weighted by molar-refractivity contribution is 9.10. The van der Waals surface area contributed by atoms with Crippen LogP contribution in [0.25, 0.3) is 0 Å². The van der Waals surface area contributed by atoms with Crippen molar-refractivity contribution in [2.45, 2.75) is 160 Å². The minimum Gasteiger partial charge on any atom is -0.434 e. The molecule has 0 N–H and O–H groups in total. The normalized spacial score (nSPS) is 47.1. The second-order valence-electron chi connectivity index (χ2n) is 15.8. The van der Waals surface area contributed by atoms with Gasteiger partial charge < -0.3 is 23.7 Å². The molecule has 6 rings (SSSR count). The largest absolute Gasteiger partial charge is 0.434 e. The van der Waals surface area contributed by atoms with Crippen LogP contribution in [-0.4, -0.2) is 53.3 Å². The molecule has 0 unspecified atom stereocenters. The Labute approximate surface area is 267 Å². The topological polar surface area (TPSA) is 80.3 Å². The SMILES string of the molecule is CC(C)[C@@H]1CC[C@@H](C)C[C@H]1O[C@@H]1OC(=O)[C@]2(Br)[C@H]1[C@@]21C(=O)O[C@@H](O[C@@H]2C[C@H](C)CC[C@H]2C(C)C)[C@@H]1OC1CCCCCC1. The molecule has 7 nitrogen and oxygen atoms in total. The molecule has 4 saturated carbocycles. The van der Waals surface area contributed by atoms with Gasteiger partial charge in [-0.15, -0.1) is 0 Å². The fourth-order valence-electron chi connectivity index (χ4n) is 9.55. The van der Waals surface area contributed by atoms with Crippen LogP contribution >= 0.6 is 15.9 Å². The number of carbonyl (C=O) groups is 2. The van der Waals surface area contributed by atoms with Crippen LogP contribution in [0.4, 0.5) is 0 Å². The fourth-order valence-corrected chi connectivity index (χ4v) is 10.7. The predicted molar refractivity (Wildman–Crippen MR) is 166 cm³/mol. The van der Waals surface area contributed by atoms with Crippen molar-refractivity contribution >= 4 is 27.9 Å². The second kappa shape index (κ2) is 12.5.